The van der Waals surface area contributed by atoms with Gasteiger partial charge in [-0.25, -0.2) is 0 Å². The van der Waals surface area contributed by atoms with Gasteiger partial charge in [-0.2, -0.15) is 0 Å². The number of rotatable bonds is 4. The van der Waals surface area contributed by atoms with Crippen molar-refractivity contribution in [3.8, 4) is 0 Å². The molecule has 4 nitrogen and oxygen atoms in total. The maximum absolute atomic E-state index is 12.2. The fraction of sp³-hybridized carbons (Fsp3) is 0.750. The van der Waals surface area contributed by atoms with Crippen LogP contribution in [0.4, 0.5) is 0 Å². The van der Waals surface area contributed by atoms with Gasteiger partial charge in [-0.05, 0) is 72.3 Å². The zero-order chi connectivity index (χ0) is 17.6. The Bertz CT molecular complexity index is 538. The molecule has 0 radical (unpaired) electrons. The van der Waals surface area contributed by atoms with E-state index in [-0.39, 0.29) is 29.1 Å². The van der Waals surface area contributed by atoms with Gasteiger partial charge >= 0.3 is 7.12 Å². The molecule has 0 aromatic carbocycles. The summed E-state index contributed by atoms with van der Waals surface area (Å²) >= 11 is 0.549. The molecule has 0 spiro atoms. The largest absolute Gasteiger partial charge is 0.598 e. The van der Waals surface area contributed by atoms with E-state index in [2.05, 4.69) is 43.9 Å². The molecule has 0 aliphatic carbocycles. The molecule has 1 aromatic rings. The van der Waals surface area contributed by atoms with Gasteiger partial charge in [0.2, 0.25) is 0 Å². The van der Waals surface area contributed by atoms with Gasteiger partial charge in [0.25, 0.3) is 0 Å². The monoisotopic (exact) mass is 357 g/mol. The summed E-state index contributed by atoms with van der Waals surface area (Å²) in [5.41, 5.74) is 0.355. The topological polar surface area (TPSA) is 53.5 Å². The molecule has 0 saturated carbocycles. The van der Waals surface area contributed by atoms with E-state index >= 15 is 0 Å². The zero-order valence-electron chi connectivity index (χ0n) is 15.4. The van der Waals surface area contributed by atoms with Crippen molar-refractivity contribution in [1.82, 2.24) is 4.72 Å². The van der Waals surface area contributed by atoms with Crippen molar-refractivity contribution in [2.75, 3.05) is 0 Å². The Morgan fingerprint density at radius 2 is 1.74 bits per heavy atom. The Hall–Kier alpha value is -0.0451. The van der Waals surface area contributed by atoms with Crippen LogP contribution >= 0.6 is 11.3 Å². The lowest BCUT2D eigenvalue weighted by molar-refractivity contribution is 0.00578. The molecule has 0 amide bonds. The van der Waals surface area contributed by atoms with Crippen LogP contribution in [0.1, 0.15) is 66.3 Å². The van der Waals surface area contributed by atoms with E-state index in [4.69, 9.17) is 9.31 Å². The van der Waals surface area contributed by atoms with Crippen molar-refractivity contribution in [2.45, 2.75) is 77.4 Å². The fourth-order valence-corrected chi connectivity index (χ4v) is 3.89. The fourth-order valence-electron chi connectivity index (χ4n) is 2.09. The molecule has 1 saturated heterocycles. The highest BCUT2D eigenvalue weighted by atomic mass is 32.2. The molecule has 2 atom stereocenters. The van der Waals surface area contributed by atoms with Crippen molar-refractivity contribution in [2.24, 2.45) is 0 Å². The minimum atomic E-state index is -1.09. The van der Waals surface area contributed by atoms with Crippen LogP contribution in [0.15, 0.2) is 11.4 Å². The molecule has 130 valence electrons. The predicted octanol–water partition coefficient (Wildman–Crippen LogP) is 3.16. The first-order valence-corrected chi connectivity index (χ1v) is 9.98. The van der Waals surface area contributed by atoms with E-state index in [1.807, 2.05) is 27.7 Å². The third kappa shape index (κ3) is 4.14. The molecule has 1 fully saturated rings. The van der Waals surface area contributed by atoms with Crippen LogP contribution in [0.2, 0.25) is 0 Å². The average Bonchev–Trinajstić information content (AvgIpc) is 2.92. The molecule has 1 N–H and O–H groups in total. The lowest BCUT2D eigenvalue weighted by atomic mass is 9.81. The molecule has 1 aromatic heterocycles. The van der Waals surface area contributed by atoms with Gasteiger partial charge in [0.05, 0.1) is 17.2 Å². The highest BCUT2D eigenvalue weighted by Crippen LogP contribution is 2.37. The second-order valence-electron chi connectivity index (χ2n) is 8.09. The van der Waals surface area contributed by atoms with Crippen LogP contribution < -0.4 is 10.2 Å². The van der Waals surface area contributed by atoms with E-state index in [0.29, 0.717) is 0 Å². The molecule has 0 unspecified atom stereocenters. The Labute approximate surface area is 147 Å². The molecule has 23 heavy (non-hydrogen) atoms. The van der Waals surface area contributed by atoms with Gasteiger partial charge in [0, 0.05) is 16.2 Å². The Kier molecular flexibility index (Phi) is 5.33. The summed E-state index contributed by atoms with van der Waals surface area (Å²) in [4.78, 5) is 1.13. The molecular formula is C16H28BNO3S2. The van der Waals surface area contributed by atoms with Crippen molar-refractivity contribution < 1.29 is 13.9 Å². The second kappa shape index (κ2) is 6.35. The Morgan fingerprint density at radius 3 is 2.22 bits per heavy atom. The van der Waals surface area contributed by atoms with Crippen LogP contribution in [-0.4, -0.2) is 27.6 Å². The van der Waals surface area contributed by atoms with Crippen molar-refractivity contribution in [3.05, 3.63) is 16.3 Å². The zero-order valence-corrected chi connectivity index (χ0v) is 17.0. The summed E-state index contributed by atoms with van der Waals surface area (Å²) in [6.07, 6.45) is 0. The van der Waals surface area contributed by atoms with Crippen molar-refractivity contribution >= 4 is 35.3 Å². The number of hydrogen-bond donors (Lipinski definition) is 1. The molecule has 2 rings (SSSR count). The van der Waals surface area contributed by atoms with Crippen LogP contribution in [0, 0.1) is 0 Å². The van der Waals surface area contributed by atoms with Crippen molar-refractivity contribution in [1.29, 1.82) is 0 Å². The third-order valence-electron chi connectivity index (χ3n) is 4.43. The van der Waals surface area contributed by atoms with Crippen molar-refractivity contribution in [3.63, 3.8) is 0 Å². The van der Waals surface area contributed by atoms with E-state index in [0.717, 1.165) is 10.3 Å². The maximum Gasteiger partial charge on any atom is 0.495 e. The first kappa shape index (κ1) is 19.3. The van der Waals surface area contributed by atoms with Gasteiger partial charge in [-0.3, -0.25) is 0 Å². The third-order valence-corrected chi connectivity index (χ3v) is 7.25. The van der Waals surface area contributed by atoms with Gasteiger partial charge in [0.1, 0.15) is 4.75 Å². The lowest BCUT2D eigenvalue weighted by Gasteiger charge is -2.32. The standard InChI is InChI=1S/C16H28BNO3S2/c1-11(18-23(19)14(2,3)4)13-9-12(10-22-13)17-20-15(5,6)16(7,8)21-17/h9-11,18H,1-8H3/t11-,23+/m1/s1. The normalized spacial score (nSPS) is 23.1. The van der Waals surface area contributed by atoms with Gasteiger partial charge < -0.3 is 13.9 Å². The lowest BCUT2D eigenvalue weighted by Crippen LogP contribution is -2.41. The van der Waals surface area contributed by atoms with E-state index < -0.39 is 11.4 Å². The number of hydrogen-bond acceptors (Lipinski definition) is 5. The van der Waals surface area contributed by atoms with Gasteiger partial charge in [-0.15, -0.1) is 16.1 Å². The summed E-state index contributed by atoms with van der Waals surface area (Å²) in [5.74, 6) is 0. The SMILES string of the molecule is C[C@@H](N[S@@+]([O-])C(C)(C)C)c1cc(B2OC(C)(C)C(C)(C)O2)cs1. The van der Waals surface area contributed by atoms with Gasteiger partial charge in [-0.1, -0.05) is 0 Å². The predicted molar refractivity (Wildman–Crippen MR) is 99.5 cm³/mol. The summed E-state index contributed by atoms with van der Waals surface area (Å²) in [7, 11) is -0.342. The first-order valence-electron chi connectivity index (χ1n) is 7.95. The van der Waals surface area contributed by atoms with Crippen LogP contribution in [0.3, 0.4) is 0 Å². The minimum absolute atomic E-state index is 0.0243. The summed E-state index contributed by atoms with van der Waals surface area (Å²) in [6, 6.07) is 2.11. The van der Waals surface area contributed by atoms with Gasteiger partial charge in [0.15, 0.2) is 0 Å². The van der Waals surface area contributed by atoms with E-state index in [1.165, 1.54) is 0 Å². The van der Waals surface area contributed by atoms with E-state index in [9.17, 15) is 4.55 Å². The second-order valence-corrected chi connectivity index (χ2v) is 11.0. The van der Waals surface area contributed by atoms with Crippen LogP contribution in [0.25, 0.3) is 0 Å². The quantitative estimate of drug-likeness (QED) is 0.664. The molecule has 1 aliphatic rings. The average molecular weight is 357 g/mol. The minimum Gasteiger partial charge on any atom is -0.598 e. The summed E-state index contributed by atoms with van der Waals surface area (Å²) < 4.78 is 27.3. The molecule has 2 heterocycles. The van der Waals surface area contributed by atoms with Crippen LogP contribution in [-0.2, 0) is 20.7 Å². The van der Waals surface area contributed by atoms with Crippen LogP contribution in [0.5, 0.6) is 0 Å². The molecule has 0 bridgehead atoms. The molecular weight excluding hydrogens is 329 g/mol. The highest BCUT2D eigenvalue weighted by Gasteiger charge is 2.52. The summed E-state index contributed by atoms with van der Waals surface area (Å²) in [5, 5.41) is 2.07. The molecule has 1 aliphatic heterocycles. The number of thiophene rings is 1. The highest BCUT2D eigenvalue weighted by molar-refractivity contribution is 7.90. The first-order chi connectivity index (χ1) is 10.3. The summed E-state index contributed by atoms with van der Waals surface area (Å²) in [6.45, 7) is 16.1. The number of nitrogens with one attached hydrogen (secondary N) is 1. The molecule has 7 heteroatoms. The Balaban J connectivity index is 2.07. The Morgan fingerprint density at radius 1 is 1.22 bits per heavy atom. The smallest absolute Gasteiger partial charge is 0.495 e. The van der Waals surface area contributed by atoms with E-state index in [1.54, 1.807) is 11.3 Å². The maximum atomic E-state index is 12.2.